The van der Waals surface area contributed by atoms with E-state index < -0.39 is 0 Å². The third kappa shape index (κ3) is 4.24. The molecule has 1 N–H and O–H groups in total. The van der Waals surface area contributed by atoms with Gasteiger partial charge in [0.05, 0.1) is 17.1 Å². The van der Waals surface area contributed by atoms with Crippen molar-refractivity contribution >= 4 is 28.6 Å². The molecule has 0 aliphatic heterocycles. The van der Waals surface area contributed by atoms with Gasteiger partial charge in [0.25, 0.3) is 5.56 Å². The first kappa shape index (κ1) is 18.3. The van der Waals surface area contributed by atoms with E-state index in [1.165, 1.54) is 33.4 Å². The summed E-state index contributed by atoms with van der Waals surface area (Å²) in [6.07, 6.45) is 0. The average Bonchev–Trinajstić information content (AvgIpc) is 3.41. The number of hydrogen-bond donors (Lipinski definition) is 1. The first-order valence-electron chi connectivity index (χ1n) is 8.57. The van der Waals surface area contributed by atoms with Gasteiger partial charge < -0.3 is 5.32 Å². The lowest BCUT2D eigenvalue weighted by Gasteiger charge is -2.07. The summed E-state index contributed by atoms with van der Waals surface area (Å²) in [5, 5.41) is 11.9. The molecule has 1 aromatic carbocycles. The van der Waals surface area contributed by atoms with Gasteiger partial charge in [0.1, 0.15) is 17.2 Å². The molecule has 0 aliphatic carbocycles. The topological polar surface area (TPSA) is 76.9 Å². The molecule has 0 atom stereocenters. The normalized spacial score (nSPS) is 10.7. The minimum Gasteiger partial charge on any atom is -0.349 e. The second-order valence-corrected chi connectivity index (χ2v) is 7.78. The van der Waals surface area contributed by atoms with E-state index in [4.69, 9.17) is 0 Å². The average molecular weight is 409 g/mol. The highest BCUT2D eigenvalue weighted by Gasteiger charge is 2.10. The Labute approximate surface area is 169 Å². The summed E-state index contributed by atoms with van der Waals surface area (Å²) in [5.74, 6) is -0.285. The second-order valence-electron chi connectivity index (χ2n) is 5.98. The third-order valence-corrected chi connectivity index (χ3v) is 5.81. The van der Waals surface area contributed by atoms with E-state index >= 15 is 0 Å². The van der Waals surface area contributed by atoms with Crippen LogP contribution in [0.2, 0.25) is 0 Å². The van der Waals surface area contributed by atoms with Crippen LogP contribution in [0.4, 0.5) is 0 Å². The van der Waals surface area contributed by atoms with Gasteiger partial charge in [-0.1, -0.05) is 36.4 Å². The summed E-state index contributed by atoms with van der Waals surface area (Å²) >= 11 is 3.06. The van der Waals surface area contributed by atoms with E-state index in [2.05, 4.69) is 15.4 Å². The van der Waals surface area contributed by atoms with Crippen LogP contribution in [-0.2, 0) is 17.9 Å². The van der Waals surface area contributed by atoms with Crippen LogP contribution in [0.3, 0.4) is 0 Å². The highest BCUT2D eigenvalue weighted by molar-refractivity contribution is 7.13. The van der Waals surface area contributed by atoms with E-state index in [9.17, 15) is 9.59 Å². The van der Waals surface area contributed by atoms with Crippen LogP contribution < -0.4 is 10.9 Å². The smallest absolute Gasteiger partial charge is 0.267 e. The molecular weight excluding hydrogens is 392 g/mol. The van der Waals surface area contributed by atoms with Gasteiger partial charge in [-0.15, -0.1) is 22.7 Å². The SMILES string of the molecule is O=C(Cn1nc(-c2cccs2)ccc1=O)NCc1csc(-c2ccccc2)n1. The zero-order valence-electron chi connectivity index (χ0n) is 14.7. The number of thiophene rings is 1. The molecule has 0 fully saturated rings. The van der Waals surface area contributed by atoms with Crippen LogP contribution in [0.5, 0.6) is 0 Å². The van der Waals surface area contributed by atoms with Crippen LogP contribution in [-0.4, -0.2) is 20.7 Å². The van der Waals surface area contributed by atoms with E-state index in [0.29, 0.717) is 12.2 Å². The van der Waals surface area contributed by atoms with Gasteiger partial charge in [-0.25, -0.2) is 9.67 Å². The number of nitrogens with zero attached hydrogens (tertiary/aromatic N) is 3. The largest absolute Gasteiger partial charge is 0.349 e. The van der Waals surface area contributed by atoms with Crippen molar-refractivity contribution in [3.63, 3.8) is 0 Å². The van der Waals surface area contributed by atoms with E-state index in [1.807, 2.05) is 53.2 Å². The van der Waals surface area contributed by atoms with Crippen LogP contribution in [0.15, 0.2) is 70.2 Å². The number of carbonyl (C=O) groups excluding carboxylic acids is 1. The van der Waals surface area contributed by atoms with E-state index in [-0.39, 0.29) is 18.0 Å². The molecule has 28 heavy (non-hydrogen) atoms. The number of nitrogens with one attached hydrogen (secondary N) is 1. The van der Waals surface area contributed by atoms with Gasteiger partial charge in [-0.05, 0) is 17.5 Å². The molecule has 0 radical (unpaired) electrons. The van der Waals surface area contributed by atoms with Gasteiger partial charge in [-0.3, -0.25) is 9.59 Å². The highest BCUT2D eigenvalue weighted by atomic mass is 32.1. The molecule has 4 rings (SSSR count). The Morgan fingerprint density at radius 2 is 1.89 bits per heavy atom. The number of amides is 1. The Kier molecular flexibility index (Phi) is 5.41. The zero-order chi connectivity index (χ0) is 19.3. The molecule has 3 heterocycles. The predicted octanol–water partition coefficient (Wildman–Crippen LogP) is 3.41. The molecule has 8 heteroatoms. The van der Waals surface area contributed by atoms with Crippen LogP contribution in [0.25, 0.3) is 21.1 Å². The molecule has 0 unspecified atom stereocenters. The lowest BCUT2D eigenvalue weighted by atomic mass is 10.2. The summed E-state index contributed by atoms with van der Waals surface area (Å²) in [6, 6.07) is 16.8. The highest BCUT2D eigenvalue weighted by Crippen LogP contribution is 2.23. The number of carbonyl (C=O) groups is 1. The molecule has 0 saturated carbocycles. The van der Waals surface area contributed by atoms with Crippen molar-refractivity contribution < 1.29 is 4.79 Å². The number of rotatable bonds is 6. The summed E-state index contributed by atoms with van der Waals surface area (Å²) in [4.78, 5) is 29.8. The van der Waals surface area contributed by atoms with Gasteiger partial charge in [0, 0.05) is 17.0 Å². The standard InChI is InChI=1S/C20H16N4O2S2/c25-18(12-24-19(26)9-8-16(23-24)17-7-4-10-27-17)21-11-15-13-28-20(22-15)14-5-2-1-3-6-14/h1-10,13H,11-12H2,(H,21,25). The Hall–Kier alpha value is -3.10. The summed E-state index contributed by atoms with van der Waals surface area (Å²) < 4.78 is 1.18. The summed E-state index contributed by atoms with van der Waals surface area (Å²) in [5.41, 5.74) is 2.20. The van der Waals surface area contributed by atoms with Gasteiger partial charge >= 0.3 is 0 Å². The molecule has 140 valence electrons. The van der Waals surface area contributed by atoms with Crippen molar-refractivity contribution in [3.8, 4) is 21.1 Å². The number of benzene rings is 1. The molecule has 0 bridgehead atoms. The van der Waals surface area contributed by atoms with Crippen molar-refractivity contribution in [1.29, 1.82) is 0 Å². The van der Waals surface area contributed by atoms with Crippen LogP contribution in [0.1, 0.15) is 5.69 Å². The molecule has 1 amide bonds. The predicted molar refractivity (Wildman–Crippen MR) is 111 cm³/mol. The fourth-order valence-corrected chi connectivity index (χ4v) is 4.12. The molecule has 3 aromatic heterocycles. The van der Waals surface area contributed by atoms with Crippen molar-refractivity contribution in [1.82, 2.24) is 20.1 Å². The van der Waals surface area contributed by atoms with Gasteiger partial charge in [0.2, 0.25) is 5.91 Å². The fraction of sp³-hybridized carbons (Fsp3) is 0.100. The number of hydrogen-bond acceptors (Lipinski definition) is 6. The van der Waals surface area contributed by atoms with Crippen LogP contribution >= 0.6 is 22.7 Å². The molecule has 6 nitrogen and oxygen atoms in total. The molecule has 0 spiro atoms. The lowest BCUT2D eigenvalue weighted by Crippen LogP contribution is -2.33. The minimum atomic E-state index is -0.310. The van der Waals surface area contributed by atoms with Crippen LogP contribution in [0, 0.1) is 0 Å². The summed E-state index contributed by atoms with van der Waals surface area (Å²) in [7, 11) is 0. The van der Waals surface area contributed by atoms with Gasteiger partial charge in [0.15, 0.2) is 0 Å². The van der Waals surface area contributed by atoms with Gasteiger partial charge in [-0.2, -0.15) is 5.10 Å². The molecule has 0 aliphatic rings. The lowest BCUT2D eigenvalue weighted by molar-refractivity contribution is -0.122. The molecule has 0 saturated heterocycles. The third-order valence-electron chi connectivity index (χ3n) is 3.97. The van der Waals surface area contributed by atoms with Crippen molar-refractivity contribution in [2.45, 2.75) is 13.1 Å². The van der Waals surface area contributed by atoms with Crippen molar-refractivity contribution in [3.05, 3.63) is 81.4 Å². The van der Waals surface area contributed by atoms with Crippen molar-refractivity contribution in [2.75, 3.05) is 0 Å². The zero-order valence-corrected chi connectivity index (χ0v) is 16.4. The molecular formula is C20H16N4O2S2. The quantitative estimate of drug-likeness (QED) is 0.530. The Morgan fingerprint density at radius 3 is 2.68 bits per heavy atom. The maximum absolute atomic E-state index is 12.3. The van der Waals surface area contributed by atoms with E-state index in [0.717, 1.165) is 21.1 Å². The number of aromatic nitrogens is 3. The second kappa shape index (κ2) is 8.28. The Balaban J connectivity index is 1.40. The first-order valence-corrected chi connectivity index (χ1v) is 10.3. The summed E-state index contributed by atoms with van der Waals surface area (Å²) in [6.45, 7) is 0.176. The Bertz CT molecular complexity index is 1130. The van der Waals surface area contributed by atoms with Crippen molar-refractivity contribution in [2.24, 2.45) is 0 Å². The Morgan fingerprint density at radius 1 is 1.04 bits per heavy atom. The molecule has 4 aromatic rings. The van der Waals surface area contributed by atoms with E-state index in [1.54, 1.807) is 6.07 Å². The fourth-order valence-electron chi connectivity index (χ4n) is 2.60. The monoisotopic (exact) mass is 408 g/mol. The minimum absolute atomic E-state index is 0.131. The maximum atomic E-state index is 12.3. The first-order chi connectivity index (χ1) is 13.7. The maximum Gasteiger partial charge on any atom is 0.267 e. The number of thiazole rings is 1.